The number of halogens is 1. The lowest BCUT2D eigenvalue weighted by Crippen LogP contribution is -2.66. The normalized spacial score (nSPS) is 25.4. The van der Waals surface area contributed by atoms with Gasteiger partial charge in [-0.2, -0.15) is 0 Å². The maximum atomic E-state index is 12.1. The molecule has 0 spiro atoms. The number of hydrogen-bond acceptors (Lipinski definition) is 10. The van der Waals surface area contributed by atoms with E-state index in [1.807, 2.05) is 0 Å². The van der Waals surface area contributed by atoms with Crippen LogP contribution in [0.3, 0.4) is 0 Å². The van der Waals surface area contributed by atoms with Crippen molar-refractivity contribution < 1.29 is 47.7 Å². The molecule has 12 nitrogen and oxygen atoms in total. The van der Waals surface area contributed by atoms with Crippen LogP contribution in [0.5, 0.6) is 0 Å². The smallest absolute Gasteiger partial charge is 0.316 e. The first-order chi connectivity index (χ1) is 14.0. The van der Waals surface area contributed by atoms with Crippen molar-refractivity contribution in [3.63, 3.8) is 0 Å². The average molecular weight is 453 g/mol. The standard InChI is InChI=1S/C17H25ClN2O10/c1-8(21)26-7-12-13(27-9(2)22)14(28-10(3)23)15(29-11(4)24)16(30-12)20-17(25)19-6-5-18/h12-16H,5-7H2,1-4H3,(H2,19,20,25)/t12-,13-,14+,15-,16-/m1/s1. The molecule has 1 fully saturated rings. The van der Waals surface area contributed by atoms with Crippen molar-refractivity contribution in [1.29, 1.82) is 0 Å². The highest BCUT2D eigenvalue weighted by Crippen LogP contribution is 2.28. The molecule has 0 saturated carbocycles. The Labute approximate surface area is 177 Å². The van der Waals surface area contributed by atoms with Gasteiger partial charge in [0.15, 0.2) is 24.5 Å². The molecule has 0 aromatic heterocycles. The second-order valence-electron chi connectivity index (χ2n) is 6.21. The maximum Gasteiger partial charge on any atom is 0.316 e. The molecule has 5 atom stereocenters. The molecule has 13 heteroatoms. The van der Waals surface area contributed by atoms with Crippen molar-refractivity contribution in [2.45, 2.75) is 58.3 Å². The van der Waals surface area contributed by atoms with Crippen LogP contribution in [0.1, 0.15) is 27.7 Å². The lowest BCUT2D eigenvalue weighted by Gasteiger charge is -2.44. The largest absolute Gasteiger partial charge is 0.463 e. The van der Waals surface area contributed by atoms with Crippen LogP contribution in [-0.2, 0) is 42.9 Å². The molecule has 0 bridgehead atoms. The van der Waals surface area contributed by atoms with E-state index >= 15 is 0 Å². The zero-order valence-electron chi connectivity index (χ0n) is 17.0. The summed E-state index contributed by atoms with van der Waals surface area (Å²) in [6.07, 6.45) is -6.50. The number of hydrogen-bond donors (Lipinski definition) is 2. The van der Waals surface area contributed by atoms with Gasteiger partial charge in [-0.3, -0.25) is 19.2 Å². The minimum atomic E-state index is -1.37. The number of urea groups is 1. The Morgan fingerprint density at radius 1 is 0.833 bits per heavy atom. The summed E-state index contributed by atoms with van der Waals surface area (Å²) >= 11 is 5.53. The summed E-state index contributed by atoms with van der Waals surface area (Å²) in [5, 5.41) is 4.86. The van der Waals surface area contributed by atoms with Gasteiger partial charge in [-0.1, -0.05) is 0 Å². The lowest BCUT2D eigenvalue weighted by atomic mass is 9.97. The quantitative estimate of drug-likeness (QED) is 0.282. The number of carbonyl (C=O) groups excluding carboxylic acids is 5. The van der Waals surface area contributed by atoms with E-state index in [0.717, 1.165) is 27.7 Å². The van der Waals surface area contributed by atoms with Gasteiger partial charge in [0.25, 0.3) is 0 Å². The highest BCUT2D eigenvalue weighted by atomic mass is 35.5. The predicted molar refractivity (Wildman–Crippen MR) is 99.2 cm³/mol. The second-order valence-corrected chi connectivity index (χ2v) is 6.59. The first-order valence-corrected chi connectivity index (χ1v) is 9.49. The predicted octanol–water partition coefficient (Wildman–Crippen LogP) is -0.392. The van der Waals surface area contributed by atoms with E-state index in [9.17, 15) is 24.0 Å². The van der Waals surface area contributed by atoms with E-state index in [2.05, 4.69) is 10.6 Å². The molecule has 1 aliphatic heterocycles. The minimum Gasteiger partial charge on any atom is -0.463 e. The van der Waals surface area contributed by atoms with Gasteiger partial charge in [-0.25, -0.2) is 4.79 Å². The fourth-order valence-corrected chi connectivity index (χ4v) is 2.78. The highest BCUT2D eigenvalue weighted by Gasteiger charge is 2.52. The SMILES string of the molecule is CC(=O)OC[C@H]1O[C@@H](NC(=O)NCCCl)[C@H](OC(C)=O)[C@@H](OC(C)=O)[C@@H]1OC(C)=O. The first-order valence-electron chi connectivity index (χ1n) is 8.96. The molecular weight excluding hydrogens is 428 g/mol. The van der Waals surface area contributed by atoms with E-state index in [-0.39, 0.29) is 19.0 Å². The molecule has 1 saturated heterocycles. The second kappa shape index (κ2) is 12.2. The van der Waals surface area contributed by atoms with Crippen LogP contribution < -0.4 is 10.6 Å². The molecule has 170 valence electrons. The number of amides is 2. The Hall–Kier alpha value is -2.60. The van der Waals surface area contributed by atoms with Crippen LogP contribution in [0.15, 0.2) is 0 Å². The molecule has 0 aliphatic carbocycles. The summed E-state index contributed by atoms with van der Waals surface area (Å²) in [5.74, 6) is -2.79. The number of nitrogens with one attached hydrogen (secondary N) is 2. The Morgan fingerprint density at radius 3 is 1.87 bits per heavy atom. The zero-order valence-corrected chi connectivity index (χ0v) is 17.7. The van der Waals surface area contributed by atoms with Crippen LogP contribution >= 0.6 is 11.6 Å². The molecule has 0 aromatic carbocycles. The van der Waals surface area contributed by atoms with Gasteiger partial charge in [0.05, 0.1) is 0 Å². The van der Waals surface area contributed by atoms with Crippen molar-refractivity contribution >= 4 is 41.5 Å². The van der Waals surface area contributed by atoms with Crippen molar-refractivity contribution in [1.82, 2.24) is 10.6 Å². The van der Waals surface area contributed by atoms with Gasteiger partial charge in [0.1, 0.15) is 12.7 Å². The Balaban J connectivity index is 3.27. The number of ether oxygens (including phenoxy) is 5. The number of esters is 4. The maximum absolute atomic E-state index is 12.1. The lowest BCUT2D eigenvalue weighted by molar-refractivity contribution is -0.255. The van der Waals surface area contributed by atoms with Gasteiger partial charge >= 0.3 is 29.9 Å². The van der Waals surface area contributed by atoms with E-state index in [1.165, 1.54) is 0 Å². The molecule has 2 amide bonds. The monoisotopic (exact) mass is 452 g/mol. The summed E-state index contributed by atoms with van der Waals surface area (Å²) in [6.45, 7) is 4.21. The molecule has 0 aromatic rings. The first kappa shape index (κ1) is 25.4. The van der Waals surface area contributed by atoms with Gasteiger partial charge in [-0.05, 0) is 0 Å². The van der Waals surface area contributed by atoms with Gasteiger partial charge in [0.2, 0.25) is 0 Å². The Kier molecular flexibility index (Phi) is 10.3. The van der Waals surface area contributed by atoms with Crippen LogP contribution in [0, 0.1) is 0 Å². The third kappa shape index (κ3) is 8.41. The zero-order chi connectivity index (χ0) is 22.8. The van der Waals surface area contributed by atoms with Crippen molar-refractivity contribution in [2.75, 3.05) is 19.0 Å². The third-order valence-electron chi connectivity index (χ3n) is 3.64. The third-order valence-corrected chi connectivity index (χ3v) is 3.83. The van der Waals surface area contributed by atoms with Gasteiger partial charge in [-0.15, -0.1) is 11.6 Å². The minimum absolute atomic E-state index is 0.138. The van der Waals surface area contributed by atoms with Crippen molar-refractivity contribution in [3.8, 4) is 0 Å². The van der Waals surface area contributed by atoms with Gasteiger partial charge < -0.3 is 34.3 Å². The molecule has 1 heterocycles. The molecule has 0 unspecified atom stereocenters. The average Bonchev–Trinajstić information content (AvgIpc) is 2.62. The fourth-order valence-electron chi connectivity index (χ4n) is 2.69. The molecule has 0 radical (unpaired) electrons. The Morgan fingerprint density at radius 2 is 1.37 bits per heavy atom. The molecule has 1 aliphatic rings. The number of carbonyl (C=O) groups is 5. The molecule has 2 N–H and O–H groups in total. The molecule has 30 heavy (non-hydrogen) atoms. The number of rotatable bonds is 8. The summed E-state index contributed by atoms with van der Waals surface area (Å²) in [6, 6.07) is -0.712. The van der Waals surface area contributed by atoms with Crippen LogP contribution in [0.2, 0.25) is 0 Å². The summed E-state index contributed by atoms with van der Waals surface area (Å²) in [7, 11) is 0. The van der Waals surface area contributed by atoms with Crippen LogP contribution in [0.4, 0.5) is 4.79 Å². The van der Waals surface area contributed by atoms with Crippen LogP contribution in [-0.4, -0.2) is 79.6 Å². The summed E-state index contributed by atoms with van der Waals surface area (Å²) in [5.41, 5.74) is 0. The van der Waals surface area contributed by atoms with E-state index < -0.39 is 60.6 Å². The highest BCUT2D eigenvalue weighted by molar-refractivity contribution is 6.18. The van der Waals surface area contributed by atoms with E-state index in [1.54, 1.807) is 0 Å². The van der Waals surface area contributed by atoms with E-state index in [0.29, 0.717) is 0 Å². The Bertz CT molecular complexity index is 658. The van der Waals surface area contributed by atoms with Crippen LogP contribution in [0.25, 0.3) is 0 Å². The van der Waals surface area contributed by atoms with E-state index in [4.69, 9.17) is 35.3 Å². The fraction of sp³-hybridized carbons (Fsp3) is 0.706. The van der Waals surface area contributed by atoms with Crippen molar-refractivity contribution in [3.05, 3.63) is 0 Å². The topological polar surface area (TPSA) is 156 Å². The summed E-state index contributed by atoms with van der Waals surface area (Å²) in [4.78, 5) is 58.2. The van der Waals surface area contributed by atoms with Gasteiger partial charge in [0, 0.05) is 40.1 Å². The van der Waals surface area contributed by atoms with Crippen molar-refractivity contribution in [2.24, 2.45) is 0 Å². The molecular formula is C17H25ClN2O10. The number of alkyl halides is 1. The molecule has 1 rings (SSSR count). The summed E-state index contributed by atoms with van der Waals surface area (Å²) < 4.78 is 26.3.